The normalized spacial score (nSPS) is 19.1. The molecule has 1 aliphatic rings. The third-order valence-electron chi connectivity index (χ3n) is 0.701. The van der Waals surface area contributed by atoms with Crippen molar-refractivity contribution in [2.75, 3.05) is 6.67 Å². The predicted octanol–water partition coefficient (Wildman–Crippen LogP) is 0.722. The monoisotopic (exact) mass is 134 g/mol. The highest BCUT2D eigenvalue weighted by Crippen LogP contribution is 2.08. The number of nitrogens with zero attached hydrogens (tertiary/aromatic N) is 2. The number of rotatable bonds is 0. The summed E-state index contributed by atoms with van der Waals surface area (Å²) in [4.78, 5) is 0. The van der Waals surface area contributed by atoms with Crippen molar-refractivity contribution >= 4 is 25.6 Å². The van der Waals surface area contributed by atoms with Gasteiger partial charge in [0.05, 0.1) is 0 Å². The van der Waals surface area contributed by atoms with Gasteiger partial charge in [0, 0.05) is 12.4 Å². The van der Waals surface area contributed by atoms with E-state index in [0.717, 1.165) is 6.67 Å². The Morgan fingerprint density at radius 2 is 1.57 bits per heavy atom. The average molecular weight is 134 g/mol. The molecule has 0 fully saturated rings. The summed E-state index contributed by atoms with van der Waals surface area (Å²) >= 11 is 8.02. The fourth-order valence-corrected chi connectivity index (χ4v) is 0.888. The third kappa shape index (κ3) is 1.21. The van der Waals surface area contributed by atoms with Gasteiger partial charge in [-0.25, -0.2) is 0 Å². The lowest BCUT2D eigenvalue weighted by atomic mass is 11.0. The van der Waals surface area contributed by atoms with Gasteiger partial charge in [0.25, 0.3) is 0 Å². The van der Waals surface area contributed by atoms with E-state index in [1.54, 1.807) is 8.61 Å². The highest BCUT2D eigenvalue weighted by molar-refractivity contribution is 7.78. The molecule has 0 aromatic heterocycles. The molecule has 0 N–H and O–H groups in total. The Hall–Kier alpha value is 0.0400. The summed E-state index contributed by atoms with van der Waals surface area (Å²) in [5.74, 6) is 0. The van der Waals surface area contributed by atoms with Crippen LogP contribution in [0.1, 0.15) is 0 Å². The van der Waals surface area contributed by atoms with Crippen LogP contribution in [0.4, 0.5) is 0 Å². The summed E-state index contributed by atoms with van der Waals surface area (Å²) in [5, 5.41) is 0. The first-order chi connectivity index (χ1) is 3.29. The van der Waals surface area contributed by atoms with Gasteiger partial charge in [0.1, 0.15) is 6.67 Å². The zero-order chi connectivity index (χ0) is 5.28. The molecule has 7 heavy (non-hydrogen) atoms. The van der Waals surface area contributed by atoms with Crippen molar-refractivity contribution < 1.29 is 0 Å². The second-order valence-electron chi connectivity index (χ2n) is 1.32. The third-order valence-corrected chi connectivity index (χ3v) is 1.22. The van der Waals surface area contributed by atoms with Crippen LogP contribution in [-0.4, -0.2) is 15.3 Å². The SMILES string of the molecule is SN1C=CN(S)C1. The van der Waals surface area contributed by atoms with Crippen molar-refractivity contribution in [1.29, 1.82) is 0 Å². The van der Waals surface area contributed by atoms with Crippen molar-refractivity contribution in [1.82, 2.24) is 8.61 Å². The van der Waals surface area contributed by atoms with Gasteiger partial charge in [-0.2, -0.15) is 0 Å². The van der Waals surface area contributed by atoms with E-state index in [0.29, 0.717) is 0 Å². The van der Waals surface area contributed by atoms with Crippen molar-refractivity contribution in [3.63, 3.8) is 0 Å². The summed E-state index contributed by atoms with van der Waals surface area (Å²) in [6, 6.07) is 0. The highest BCUT2D eigenvalue weighted by atomic mass is 32.1. The summed E-state index contributed by atoms with van der Waals surface area (Å²) in [6.07, 6.45) is 3.69. The fourth-order valence-electron chi connectivity index (χ4n) is 0.397. The lowest BCUT2D eigenvalue weighted by Crippen LogP contribution is -2.09. The zero-order valence-corrected chi connectivity index (χ0v) is 5.44. The van der Waals surface area contributed by atoms with Crippen LogP contribution in [0.25, 0.3) is 0 Å². The molecule has 40 valence electrons. The molecular formula is C3H6N2S2. The molecule has 4 heteroatoms. The summed E-state index contributed by atoms with van der Waals surface area (Å²) in [6.45, 7) is 0.756. The van der Waals surface area contributed by atoms with E-state index in [4.69, 9.17) is 0 Å². The predicted molar refractivity (Wildman–Crippen MR) is 35.7 cm³/mol. The minimum atomic E-state index is 0.756. The Kier molecular flexibility index (Phi) is 1.39. The quantitative estimate of drug-likeness (QED) is 0.471. The molecule has 0 atom stereocenters. The van der Waals surface area contributed by atoms with Crippen LogP contribution in [0.5, 0.6) is 0 Å². The maximum atomic E-state index is 4.01. The summed E-state index contributed by atoms with van der Waals surface area (Å²) in [7, 11) is 0. The topological polar surface area (TPSA) is 6.48 Å². The van der Waals surface area contributed by atoms with Crippen LogP contribution in [0, 0.1) is 0 Å². The van der Waals surface area contributed by atoms with E-state index in [9.17, 15) is 0 Å². The first-order valence-electron chi connectivity index (χ1n) is 1.88. The van der Waals surface area contributed by atoms with Crippen molar-refractivity contribution in [2.45, 2.75) is 0 Å². The molecule has 0 unspecified atom stereocenters. The lowest BCUT2D eigenvalue weighted by Gasteiger charge is -2.07. The largest absolute Gasteiger partial charge is 0.304 e. The van der Waals surface area contributed by atoms with Crippen molar-refractivity contribution in [3.8, 4) is 0 Å². The Morgan fingerprint density at radius 1 is 1.14 bits per heavy atom. The smallest absolute Gasteiger partial charge is 0.110 e. The Balaban J connectivity index is 2.42. The Bertz CT molecular complexity index is 82.9. The van der Waals surface area contributed by atoms with Gasteiger partial charge in [-0.05, 0) is 0 Å². The minimum absolute atomic E-state index is 0.756. The number of thiol groups is 2. The van der Waals surface area contributed by atoms with Crippen LogP contribution in [0.3, 0.4) is 0 Å². The standard InChI is InChI=1S/C3H6N2S2/c6-4-1-2-5(7)3-4/h1-2,6-7H,3H2. The first kappa shape index (κ1) is 5.18. The van der Waals surface area contributed by atoms with Gasteiger partial charge in [0.15, 0.2) is 0 Å². The molecule has 0 saturated carbocycles. The minimum Gasteiger partial charge on any atom is -0.304 e. The maximum Gasteiger partial charge on any atom is 0.110 e. The van der Waals surface area contributed by atoms with E-state index in [1.807, 2.05) is 12.4 Å². The molecular weight excluding hydrogens is 128 g/mol. The second kappa shape index (κ2) is 1.88. The maximum absolute atomic E-state index is 4.01. The first-order valence-corrected chi connectivity index (χ1v) is 2.68. The molecule has 0 saturated heterocycles. The molecule has 2 nitrogen and oxygen atoms in total. The molecule has 0 aromatic rings. The number of hydrogen-bond acceptors (Lipinski definition) is 4. The Labute approximate surface area is 53.9 Å². The van der Waals surface area contributed by atoms with E-state index >= 15 is 0 Å². The van der Waals surface area contributed by atoms with E-state index < -0.39 is 0 Å². The average Bonchev–Trinajstić information content (AvgIpc) is 1.87. The number of hydrogen-bond donors (Lipinski definition) is 2. The molecule has 0 aliphatic carbocycles. The summed E-state index contributed by atoms with van der Waals surface area (Å²) < 4.78 is 3.49. The van der Waals surface area contributed by atoms with Crippen molar-refractivity contribution in [2.24, 2.45) is 0 Å². The molecule has 0 aromatic carbocycles. The van der Waals surface area contributed by atoms with Gasteiger partial charge in [-0.15, -0.1) is 0 Å². The van der Waals surface area contributed by atoms with Crippen LogP contribution in [0.15, 0.2) is 12.4 Å². The van der Waals surface area contributed by atoms with E-state index in [-0.39, 0.29) is 0 Å². The molecule has 1 heterocycles. The van der Waals surface area contributed by atoms with E-state index in [1.165, 1.54) is 0 Å². The molecule has 0 spiro atoms. The molecule has 0 radical (unpaired) electrons. The second-order valence-corrected chi connectivity index (χ2v) is 2.35. The Morgan fingerprint density at radius 3 is 1.71 bits per heavy atom. The van der Waals surface area contributed by atoms with Crippen molar-refractivity contribution in [3.05, 3.63) is 12.4 Å². The van der Waals surface area contributed by atoms with Gasteiger partial charge >= 0.3 is 0 Å². The van der Waals surface area contributed by atoms with Crippen LogP contribution >= 0.6 is 25.6 Å². The fraction of sp³-hybridized carbons (Fsp3) is 0.333. The lowest BCUT2D eigenvalue weighted by molar-refractivity contribution is 0.529. The van der Waals surface area contributed by atoms with Gasteiger partial charge < -0.3 is 8.61 Å². The van der Waals surface area contributed by atoms with Crippen LogP contribution in [-0.2, 0) is 0 Å². The molecule has 1 rings (SSSR count). The van der Waals surface area contributed by atoms with Crippen LogP contribution < -0.4 is 0 Å². The van der Waals surface area contributed by atoms with Gasteiger partial charge in [-0.3, -0.25) is 0 Å². The van der Waals surface area contributed by atoms with Gasteiger partial charge in [0.2, 0.25) is 0 Å². The summed E-state index contributed by atoms with van der Waals surface area (Å²) in [5.41, 5.74) is 0. The van der Waals surface area contributed by atoms with Gasteiger partial charge in [-0.1, -0.05) is 25.6 Å². The molecule has 0 bridgehead atoms. The van der Waals surface area contributed by atoms with E-state index in [2.05, 4.69) is 25.6 Å². The zero-order valence-electron chi connectivity index (χ0n) is 3.65. The van der Waals surface area contributed by atoms with Crippen LogP contribution in [0.2, 0.25) is 0 Å². The molecule has 0 amide bonds. The highest BCUT2D eigenvalue weighted by Gasteiger charge is 2.02. The molecule has 1 aliphatic heterocycles.